The lowest BCUT2D eigenvalue weighted by molar-refractivity contribution is 0.0697. The van der Waals surface area contributed by atoms with E-state index < -0.39 is 5.97 Å². The zero-order chi connectivity index (χ0) is 20.8. The van der Waals surface area contributed by atoms with Crippen molar-refractivity contribution in [1.82, 2.24) is 0 Å². The van der Waals surface area contributed by atoms with Crippen molar-refractivity contribution >= 4 is 29.5 Å². The van der Waals surface area contributed by atoms with Crippen molar-refractivity contribution in [2.75, 3.05) is 7.11 Å². The van der Waals surface area contributed by atoms with Gasteiger partial charge in [0.05, 0.1) is 18.4 Å². The van der Waals surface area contributed by atoms with E-state index >= 15 is 0 Å². The molecule has 0 heterocycles. The zero-order valence-electron chi connectivity index (χ0n) is 16.1. The Kier molecular flexibility index (Phi) is 6.52. The Bertz CT molecular complexity index is 1050. The van der Waals surface area contributed by atoms with Crippen LogP contribution in [0.15, 0.2) is 65.7 Å². The number of carbonyl (C=O) groups is 1. The fraction of sp³-hybridized carbons (Fsp3) is 0.130. The molecular formula is C23H20ClNO4. The summed E-state index contributed by atoms with van der Waals surface area (Å²) in [6, 6.07) is 17.6. The number of aromatic carboxylic acids is 1. The Balaban J connectivity index is 1.85. The highest BCUT2D eigenvalue weighted by molar-refractivity contribution is 6.30. The van der Waals surface area contributed by atoms with Gasteiger partial charge in [0.15, 0.2) is 11.5 Å². The minimum atomic E-state index is -0.961. The smallest absolute Gasteiger partial charge is 0.335 e. The monoisotopic (exact) mass is 409 g/mol. The minimum absolute atomic E-state index is 0.232. The number of para-hydroxylation sites is 1. The van der Waals surface area contributed by atoms with Gasteiger partial charge in [-0.2, -0.15) is 0 Å². The molecule has 6 heteroatoms. The number of rotatable bonds is 7. The number of hydrogen-bond donors (Lipinski definition) is 1. The maximum atomic E-state index is 11.0. The molecule has 0 saturated carbocycles. The Morgan fingerprint density at radius 2 is 1.90 bits per heavy atom. The van der Waals surface area contributed by atoms with Crippen LogP contribution in [0.3, 0.4) is 0 Å². The average molecular weight is 410 g/mol. The first-order valence-corrected chi connectivity index (χ1v) is 9.28. The van der Waals surface area contributed by atoms with Crippen molar-refractivity contribution in [3.05, 3.63) is 87.9 Å². The molecule has 0 saturated heterocycles. The molecule has 3 aromatic carbocycles. The van der Waals surface area contributed by atoms with Crippen molar-refractivity contribution in [2.24, 2.45) is 4.99 Å². The molecule has 3 rings (SSSR count). The number of methoxy groups -OCH3 is 1. The summed E-state index contributed by atoms with van der Waals surface area (Å²) in [5, 5.41) is 9.63. The standard InChI is InChI=1S/C23H20ClNO4/c1-15-6-11-19(24)12-20(15)25-13-18-4-3-5-21(28-2)22(18)29-14-16-7-9-17(10-8-16)23(26)27/h3-13H,14H2,1-2H3,(H,26,27). The van der Waals surface area contributed by atoms with E-state index in [4.69, 9.17) is 26.2 Å². The van der Waals surface area contributed by atoms with Crippen LogP contribution in [-0.4, -0.2) is 24.4 Å². The van der Waals surface area contributed by atoms with Gasteiger partial charge in [-0.1, -0.05) is 35.9 Å². The van der Waals surface area contributed by atoms with Gasteiger partial charge in [0.1, 0.15) is 6.61 Å². The van der Waals surface area contributed by atoms with E-state index in [1.54, 1.807) is 43.7 Å². The van der Waals surface area contributed by atoms with Gasteiger partial charge in [-0.15, -0.1) is 0 Å². The highest BCUT2D eigenvalue weighted by Gasteiger charge is 2.10. The second kappa shape index (κ2) is 9.26. The van der Waals surface area contributed by atoms with Crippen LogP contribution in [0.5, 0.6) is 11.5 Å². The molecule has 0 spiro atoms. The highest BCUT2D eigenvalue weighted by atomic mass is 35.5. The van der Waals surface area contributed by atoms with E-state index in [0.29, 0.717) is 16.5 Å². The highest BCUT2D eigenvalue weighted by Crippen LogP contribution is 2.32. The third kappa shape index (κ3) is 5.15. The molecule has 0 radical (unpaired) electrons. The van der Waals surface area contributed by atoms with Crippen LogP contribution in [0.2, 0.25) is 5.02 Å². The van der Waals surface area contributed by atoms with Crippen LogP contribution in [0.25, 0.3) is 0 Å². The van der Waals surface area contributed by atoms with E-state index in [1.165, 1.54) is 0 Å². The van der Waals surface area contributed by atoms with Crippen molar-refractivity contribution in [3.63, 3.8) is 0 Å². The summed E-state index contributed by atoms with van der Waals surface area (Å²) in [4.78, 5) is 15.5. The molecule has 0 aliphatic rings. The Morgan fingerprint density at radius 1 is 1.14 bits per heavy atom. The van der Waals surface area contributed by atoms with E-state index in [1.807, 2.05) is 37.3 Å². The summed E-state index contributed by atoms with van der Waals surface area (Å²) >= 11 is 6.07. The summed E-state index contributed by atoms with van der Waals surface area (Å²) in [5.41, 5.74) is 3.61. The van der Waals surface area contributed by atoms with E-state index in [-0.39, 0.29) is 12.2 Å². The van der Waals surface area contributed by atoms with Crippen LogP contribution in [0, 0.1) is 6.92 Å². The molecule has 1 N–H and O–H groups in total. The number of benzene rings is 3. The SMILES string of the molecule is COc1cccc(C=Nc2cc(Cl)ccc2C)c1OCc1ccc(C(=O)O)cc1. The molecular weight excluding hydrogens is 390 g/mol. The molecule has 0 bridgehead atoms. The first kappa shape index (κ1) is 20.4. The van der Waals surface area contributed by atoms with E-state index in [0.717, 1.165) is 22.4 Å². The molecule has 0 aliphatic carbocycles. The maximum absolute atomic E-state index is 11.0. The second-order valence-corrected chi connectivity index (χ2v) is 6.79. The van der Waals surface area contributed by atoms with Gasteiger partial charge in [-0.3, -0.25) is 4.99 Å². The Labute approximate surface area is 174 Å². The van der Waals surface area contributed by atoms with Gasteiger partial charge in [0.25, 0.3) is 0 Å². The Morgan fingerprint density at radius 3 is 2.59 bits per heavy atom. The molecule has 0 unspecified atom stereocenters. The average Bonchev–Trinajstić information content (AvgIpc) is 2.73. The predicted molar refractivity (Wildman–Crippen MR) is 114 cm³/mol. The largest absolute Gasteiger partial charge is 0.493 e. The van der Waals surface area contributed by atoms with Crippen molar-refractivity contribution < 1.29 is 19.4 Å². The van der Waals surface area contributed by atoms with Gasteiger partial charge in [0.2, 0.25) is 0 Å². The molecule has 148 valence electrons. The summed E-state index contributed by atoms with van der Waals surface area (Å²) < 4.78 is 11.4. The first-order valence-electron chi connectivity index (χ1n) is 8.90. The summed E-state index contributed by atoms with van der Waals surface area (Å²) in [5.74, 6) is 0.177. The van der Waals surface area contributed by atoms with Gasteiger partial charge in [0, 0.05) is 16.8 Å². The summed E-state index contributed by atoms with van der Waals surface area (Å²) in [7, 11) is 1.58. The van der Waals surface area contributed by atoms with Gasteiger partial charge >= 0.3 is 5.97 Å². The minimum Gasteiger partial charge on any atom is -0.493 e. The van der Waals surface area contributed by atoms with Crippen molar-refractivity contribution in [3.8, 4) is 11.5 Å². The number of nitrogens with zero attached hydrogens (tertiary/aromatic N) is 1. The summed E-state index contributed by atoms with van der Waals surface area (Å²) in [6.45, 7) is 2.23. The quantitative estimate of drug-likeness (QED) is 0.509. The maximum Gasteiger partial charge on any atom is 0.335 e. The number of aryl methyl sites for hydroxylation is 1. The lowest BCUT2D eigenvalue weighted by Gasteiger charge is -2.13. The molecule has 0 amide bonds. The van der Waals surface area contributed by atoms with Crippen LogP contribution in [0.4, 0.5) is 5.69 Å². The number of halogens is 1. The first-order chi connectivity index (χ1) is 14.0. The van der Waals surface area contributed by atoms with Gasteiger partial charge < -0.3 is 14.6 Å². The van der Waals surface area contributed by atoms with Crippen LogP contribution < -0.4 is 9.47 Å². The fourth-order valence-corrected chi connectivity index (χ4v) is 2.88. The zero-order valence-corrected chi connectivity index (χ0v) is 16.8. The lowest BCUT2D eigenvalue weighted by atomic mass is 10.1. The van der Waals surface area contributed by atoms with Crippen LogP contribution in [-0.2, 0) is 6.61 Å². The number of ether oxygens (including phenoxy) is 2. The molecule has 5 nitrogen and oxygen atoms in total. The topological polar surface area (TPSA) is 68.1 Å². The van der Waals surface area contributed by atoms with Crippen molar-refractivity contribution in [1.29, 1.82) is 0 Å². The van der Waals surface area contributed by atoms with E-state index in [2.05, 4.69) is 4.99 Å². The third-order valence-corrected chi connectivity index (χ3v) is 4.56. The molecule has 0 aliphatic heterocycles. The van der Waals surface area contributed by atoms with Gasteiger partial charge in [-0.25, -0.2) is 4.79 Å². The predicted octanol–water partition coefficient (Wildman–Crippen LogP) is 5.68. The van der Waals surface area contributed by atoms with Crippen LogP contribution >= 0.6 is 11.6 Å². The number of hydrogen-bond acceptors (Lipinski definition) is 4. The molecule has 3 aromatic rings. The number of aliphatic imine (C=N–C) groups is 1. The normalized spacial score (nSPS) is 10.9. The van der Waals surface area contributed by atoms with E-state index in [9.17, 15) is 4.79 Å². The van der Waals surface area contributed by atoms with Gasteiger partial charge in [-0.05, 0) is 54.4 Å². The van der Waals surface area contributed by atoms with Crippen molar-refractivity contribution in [2.45, 2.75) is 13.5 Å². The Hall–Kier alpha value is -3.31. The summed E-state index contributed by atoms with van der Waals surface area (Å²) in [6.07, 6.45) is 1.71. The molecule has 0 aromatic heterocycles. The van der Waals surface area contributed by atoms with Crippen LogP contribution in [0.1, 0.15) is 27.0 Å². The lowest BCUT2D eigenvalue weighted by Crippen LogP contribution is -2.02. The fourth-order valence-electron chi connectivity index (χ4n) is 2.71. The second-order valence-electron chi connectivity index (χ2n) is 6.36. The molecule has 0 fully saturated rings. The third-order valence-electron chi connectivity index (χ3n) is 4.33. The molecule has 0 atom stereocenters. The number of carboxylic acid groups (broad SMARTS) is 1. The number of carboxylic acids is 1. The molecule has 29 heavy (non-hydrogen) atoms.